The Labute approximate surface area is 83.3 Å². The molecule has 3 heteroatoms. The molecule has 0 fully saturated rings. The van der Waals surface area contributed by atoms with Crippen molar-refractivity contribution in [2.24, 2.45) is 0 Å². The summed E-state index contributed by atoms with van der Waals surface area (Å²) in [5.41, 5.74) is 0.255. The SMILES string of the molecule is CC[C@H](C)Oc1cccc(C(=O)O)c1. The van der Waals surface area contributed by atoms with Crippen LogP contribution in [0.5, 0.6) is 5.75 Å². The highest BCUT2D eigenvalue weighted by atomic mass is 16.5. The normalized spacial score (nSPS) is 12.1. The highest BCUT2D eigenvalue weighted by molar-refractivity contribution is 5.87. The van der Waals surface area contributed by atoms with E-state index in [9.17, 15) is 4.79 Å². The fourth-order valence-electron chi connectivity index (χ4n) is 1.02. The van der Waals surface area contributed by atoms with Crippen LogP contribution in [0.1, 0.15) is 30.6 Å². The number of hydrogen-bond donors (Lipinski definition) is 1. The molecule has 0 heterocycles. The predicted octanol–water partition coefficient (Wildman–Crippen LogP) is 2.56. The van der Waals surface area contributed by atoms with E-state index in [1.54, 1.807) is 18.2 Å². The Morgan fingerprint density at radius 3 is 2.86 bits per heavy atom. The van der Waals surface area contributed by atoms with Crippen LogP contribution in [-0.4, -0.2) is 17.2 Å². The number of rotatable bonds is 4. The minimum Gasteiger partial charge on any atom is -0.491 e. The molecular weight excluding hydrogens is 180 g/mol. The Bertz CT molecular complexity index is 320. The van der Waals surface area contributed by atoms with E-state index in [4.69, 9.17) is 9.84 Å². The first kappa shape index (κ1) is 10.6. The highest BCUT2D eigenvalue weighted by Crippen LogP contribution is 2.15. The van der Waals surface area contributed by atoms with Crippen LogP contribution in [0.2, 0.25) is 0 Å². The average Bonchev–Trinajstić information content (AvgIpc) is 2.18. The van der Waals surface area contributed by atoms with Crippen molar-refractivity contribution < 1.29 is 14.6 Å². The number of hydrogen-bond acceptors (Lipinski definition) is 2. The first-order valence-electron chi connectivity index (χ1n) is 4.63. The van der Waals surface area contributed by atoms with E-state index in [0.717, 1.165) is 6.42 Å². The zero-order chi connectivity index (χ0) is 10.6. The fourth-order valence-corrected chi connectivity index (χ4v) is 1.02. The molecule has 1 rings (SSSR count). The lowest BCUT2D eigenvalue weighted by atomic mass is 10.2. The largest absolute Gasteiger partial charge is 0.491 e. The van der Waals surface area contributed by atoms with Crippen molar-refractivity contribution in [1.82, 2.24) is 0 Å². The van der Waals surface area contributed by atoms with Gasteiger partial charge in [-0.15, -0.1) is 0 Å². The van der Waals surface area contributed by atoms with E-state index in [1.165, 1.54) is 6.07 Å². The summed E-state index contributed by atoms with van der Waals surface area (Å²) >= 11 is 0. The highest BCUT2D eigenvalue weighted by Gasteiger charge is 2.05. The molecule has 0 aromatic heterocycles. The molecule has 0 saturated heterocycles. The Balaban J connectivity index is 2.78. The van der Waals surface area contributed by atoms with Gasteiger partial charge in [-0.1, -0.05) is 13.0 Å². The lowest BCUT2D eigenvalue weighted by molar-refractivity contribution is 0.0696. The van der Waals surface area contributed by atoms with Gasteiger partial charge in [0, 0.05) is 0 Å². The Morgan fingerprint density at radius 2 is 2.29 bits per heavy atom. The summed E-state index contributed by atoms with van der Waals surface area (Å²) in [5, 5.41) is 8.75. The zero-order valence-electron chi connectivity index (χ0n) is 8.36. The number of carboxylic acids is 1. The van der Waals surface area contributed by atoms with Crippen LogP contribution in [0.15, 0.2) is 24.3 Å². The second-order valence-corrected chi connectivity index (χ2v) is 3.17. The third kappa shape index (κ3) is 2.76. The smallest absolute Gasteiger partial charge is 0.335 e. The lowest BCUT2D eigenvalue weighted by Gasteiger charge is -2.12. The van der Waals surface area contributed by atoms with Crippen molar-refractivity contribution in [2.45, 2.75) is 26.4 Å². The summed E-state index contributed by atoms with van der Waals surface area (Å²) in [4.78, 5) is 10.7. The zero-order valence-corrected chi connectivity index (χ0v) is 8.36. The Morgan fingerprint density at radius 1 is 1.57 bits per heavy atom. The van der Waals surface area contributed by atoms with Gasteiger partial charge in [0.1, 0.15) is 5.75 Å². The van der Waals surface area contributed by atoms with Crippen molar-refractivity contribution >= 4 is 5.97 Å². The van der Waals surface area contributed by atoms with Crippen LogP contribution >= 0.6 is 0 Å². The van der Waals surface area contributed by atoms with Gasteiger partial charge in [0.15, 0.2) is 0 Å². The van der Waals surface area contributed by atoms with Crippen molar-refractivity contribution in [1.29, 1.82) is 0 Å². The maximum absolute atomic E-state index is 10.7. The molecule has 0 amide bonds. The van der Waals surface area contributed by atoms with Gasteiger partial charge in [0.2, 0.25) is 0 Å². The average molecular weight is 194 g/mol. The molecule has 0 spiro atoms. The number of benzene rings is 1. The van der Waals surface area contributed by atoms with Crippen LogP contribution in [0, 0.1) is 0 Å². The lowest BCUT2D eigenvalue weighted by Crippen LogP contribution is -2.10. The molecular formula is C11H14O3. The molecule has 0 aliphatic carbocycles. The van der Waals surface area contributed by atoms with Gasteiger partial charge in [-0.2, -0.15) is 0 Å². The van der Waals surface area contributed by atoms with Crippen molar-refractivity contribution in [3.05, 3.63) is 29.8 Å². The van der Waals surface area contributed by atoms with Gasteiger partial charge in [-0.3, -0.25) is 0 Å². The first-order valence-corrected chi connectivity index (χ1v) is 4.63. The summed E-state index contributed by atoms with van der Waals surface area (Å²) in [6, 6.07) is 6.53. The van der Waals surface area contributed by atoms with Gasteiger partial charge in [-0.25, -0.2) is 4.79 Å². The van der Waals surface area contributed by atoms with Crippen molar-refractivity contribution in [3.8, 4) is 5.75 Å². The minimum atomic E-state index is -0.931. The van der Waals surface area contributed by atoms with Crippen molar-refractivity contribution in [3.63, 3.8) is 0 Å². The number of carboxylic acid groups (broad SMARTS) is 1. The molecule has 0 saturated carbocycles. The number of aromatic carboxylic acids is 1. The summed E-state index contributed by atoms with van der Waals surface area (Å²) in [6.45, 7) is 3.97. The van der Waals surface area contributed by atoms with Crippen LogP contribution in [-0.2, 0) is 0 Å². The molecule has 0 aliphatic rings. The molecule has 76 valence electrons. The van der Waals surface area contributed by atoms with Crippen LogP contribution in [0.4, 0.5) is 0 Å². The topological polar surface area (TPSA) is 46.5 Å². The molecule has 0 bridgehead atoms. The molecule has 1 aromatic carbocycles. The van der Waals surface area contributed by atoms with Gasteiger partial charge < -0.3 is 9.84 Å². The van der Waals surface area contributed by atoms with Gasteiger partial charge in [-0.05, 0) is 31.5 Å². The third-order valence-corrected chi connectivity index (χ3v) is 1.99. The molecule has 0 radical (unpaired) electrons. The minimum absolute atomic E-state index is 0.110. The second-order valence-electron chi connectivity index (χ2n) is 3.17. The summed E-state index contributed by atoms with van der Waals surface area (Å²) in [7, 11) is 0. The Kier molecular flexibility index (Phi) is 3.51. The van der Waals surface area contributed by atoms with E-state index in [0.29, 0.717) is 5.75 Å². The number of ether oxygens (including phenoxy) is 1. The van der Waals surface area contributed by atoms with Gasteiger partial charge in [0.05, 0.1) is 11.7 Å². The quantitative estimate of drug-likeness (QED) is 0.801. The summed E-state index contributed by atoms with van der Waals surface area (Å²) in [6.07, 6.45) is 1.01. The summed E-state index contributed by atoms with van der Waals surface area (Å²) < 4.78 is 5.49. The van der Waals surface area contributed by atoms with Crippen LogP contribution in [0.3, 0.4) is 0 Å². The molecule has 0 unspecified atom stereocenters. The van der Waals surface area contributed by atoms with Gasteiger partial charge >= 0.3 is 5.97 Å². The maximum atomic E-state index is 10.7. The molecule has 3 nitrogen and oxygen atoms in total. The molecule has 1 N–H and O–H groups in total. The summed E-state index contributed by atoms with van der Waals surface area (Å²) in [5.74, 6) is -0.321. The van der Waals surface area contributed by atoms with Crippen molar-refractivity contribution in [2.75, 3.05) is 0 Å². The first-order chi connectivity index (χ1) is 6.63. The monoisotopic (exact) mass is 194 g/mol. The maximum Gasteiger partial charge on any atom is 0.335 e. The van der Waals surface area contributed by atoms with E-state index in [-0.39, 0.29) is 11.7 Å². The Hall–Kier alpha value is -1.51. The molecule has 1 atom stereocenters. The molecule has 1 aromatic rings. The van der Waals surface area contributed by atoms with Crippen LogP contribution < -0.4 is 4.74 Å². The molecule has 14 heavy (non-hydrogen) atoms. The van der Waals surface area contributed by atoms with Crippen LogP contribution in [0.25, 0.3) is 0 Å². The van der Waals surface area contributed by atoms with E-state index >= 15 is 0 Å². The predicted molar refractivity (Wildman–Crippen MR) is 53.8 cm³/mol. The van der Waals surface area contributed by atoms with E-state index in [2.05, 4.69) is 0 Å². The standard InChI is InChI=1S/C11H14O3/c1-3-8(2)14-10-6-4-5-9(7-10)11(12)13/h4-8H,3H2,1-2H3,(H,12,13)/t8-/m0/s1. The van der Waals surface area contributed by atoms with E-state index < -0.39 is 5.97 Å². The second kappa shape index (κ2) is 4.65. The fraction of sp³-hybridized carbons (Fsp3) is 0.364. The van der Waals surface area contributed by atoms with Gasteiger partial charge in [0.25, 0.3) is 0 Å². The van der Waals surface area contributed by atoms with E-state index in [1.807, 2.05) is 13.8 Å². The third-order valence-electron chi connectivity index (χ3n) is 1.99. The number of carbonyl (C=O) groups is 1. The molecule has 0 aliphatic heterocycles.